The van der Waals surface area contributed by atoms with Gasteiger partial charge in [0.15, 0.2) is 0 Å². The van der Waals surface area contributed by atoms with E-state index in [0.29, 0.717) is 17.5 Å². The SMILES string of the molecule is CC(CO)SCc1nnc(C(C)(C)C)o1. The second-order valence-electron chi connectivity index (χ2n) is 4.56. The minimum atomic E-state index is -0.0987. The fourth-order valence-electron chi connectivity index (χ4n) is 0.881. The lowest BCUT2D eigenvalue weighted by atomic mass is 9.97. The lowest BCUT2D eigenvalue weighted by Crippen LogP contribution is -2.11. The summed E-state index contributed by atoms with van der Waals surface area (Å²) in [4.78, 5) is 0. The minimum Gasteiger partial charge on any atom is -0.424 e. The van der Waals surface area contributed by atoms with Crippen molar-refractivity contribution < 1.29 is 9.52 Å². The van der Waals surface area contributed by atoms with Crippen molar-refractivity contribution in [1.29, 1.82) is 0 Å². The molecule has 1 aromatic rings. The fraction of sp³-hybridized carbons (Fsp3) is 0.800. The molecular weight excluding hydrogens is 212 g/mol. The standard InChI is InChI=1S/C10H18N2O2S/c1-7(5-13)15-6-8-11-12-9(14-8)10(2,3)4/h7,13H,5-6H2,1-4H3. The molecule has 0 fully saturated rings. The zero-order chi connectivity index (χ0) is 11.5. The van der Waals surface area contributed by atoms with Gasteiger partial charge in [0.05, 0.1) is 12.4 Å². The van der Waals surface area contributed by atoms with Gasteiger partial charge in [-0.3, -0.25) is 0 Å². The molecule has 1 atom stereocenters. The predicted molar refractivity (Wildman–Crippen MR) is 60.8 cm³/mol. The monoisotopic (exact) mass is 230 g/mol. The second-order valence-corrected chi connectivity index (χ2v) is 5.98. The average Bonchev–Trinajstić information content (AvgIpc) is 2.61. The van der Waals surface area contributed by atoms with Crippen molar-refractivity contribution in [3.05, 3.63) is 11.8 Å². The molecule has 0 amide bonds. The van der Waals surface area contributed by atoms with Crippen LogP contribution in [0.1, 0.15) is 39.5 Å². The number of nitrogens with zero attached hydrogens (tertiary/aromatic N) is 2. The zero-order valence-electron chi connectivity index (χ0n) is 9.65. The molecule has 0 radical (unpaired) electrons. The van der Waals surface area contributed by atoms with E-state index in [1.807, 2.05) is 27.7 Å². The summed E-state index contributed by atoms with van der Waals surface area (Å²) in [5.74, 6) is 1.95. The highest BCUT2D eigenvalue weighted by Crippen LogP contribution is 2.22. The second kappa shape index (κ2) is 4.99. The van der Waals surface area contributed by atoms with Crippen LogP contribution >= 0.6 is 11.8 Å². The first kappa shape index (κ1) is 12.5. The Morgan fingerprint density at radius 3 is 2.53 bits per heavy atom. The van der Waals surface area contributed by atoms with Gasteiger partial charge in [0.2, 0.25) is 11.8 Å². The molecule has 0 bridgehead atoms. The highest BCUT2D eigenvalue weighted by molar-refractivity contribution is 7.99. The Kier molecular flexibility index (Phi) is 4.16. The molecular formula is C10H18N2O2S. The molecule has 0 spiro atoms. The predicted octanol–water partition coefficient (Wildman–Crippen LogP) is 1.98. The third-order valence-corrected chi connectivity index (χ3v) is 2.99. The summed E-state index contributed by atoms with van der Waals surface area (Å²) < 4.78 is 5.52. The topological polar surface area (TPSA) is 59.2 Å². The van der Waals surface area contributed by atoms with Crippen molar-refractivity contribution in [2.24, 2.45) is 0 Å². The Hall–Kier alpha value is -0.550. The van der Waals surface area contributed by atoms with Gasteiger partial charge in [0, 0.05) is 10.7 Å². The van der Waals surface area contributed by atoms with E-state index in [-0.39, 0.29) is 17.3 Å². The molecule has 15 heavy (non-hydrogen) atoms. The Labute approximate surface area is 94.5 Å². The molecule has 1 rings (SSSR count). The van der Waals surface area contributed by atoms with Gasteiger partial charge in [0.25, 0.3) is 0 Å². The summed E-state index contributed by atoms with van der Waals surface area (Å²) in [7, 11) is 0. The highest BCUT2D eigenvalue weighted by Gasteiger charge is 2.21. The van der Waals surface area contributed by atoms with Crippen LogP contribution in [0.25, 0.3) is 0 Å². The lowest BCUT2D eigenvalue weighted by Gasteiger charge is -2.11. The van der Waals surface area contributed by atoms with Crippen molar-refractivity contribution in [3.63, 3.8) is 0 Å². The molecule has 1 N–H and O–H groups in total. The summed E-state index contributed by atoms with van der Waals surface area (Å²) in [6.07, 6.45) is 0. The van der Waals surface area contributed by atoms with Gasteiger partial charge in [-0.05, 0) is 0 Å². The molecule has 5 heteroatoms. The molecule has 1 unspecified atom stereocenters. The van der Waals surface area contributed by atoms with Crippen LogP contribution in [0.4, 0.5) is 0 Å². The summed E-state index contributed by atoms with van der Waals surface area (Å²) in [5, 5.41) is 17.0. The summed E-state index contributed by atoms with van der Waals surface area (Å²) in [5.41, 5.74) is -0.0987. The highest BCUT2D eigenvalue weighted by atomic mass is 32.2. The third kappa shape index (κ3) is 3.83. The van der Waals surface area contributed by atoms with Gasteiger partial charge in [-0.15, -0.1) is 22.0 Å². The maximum Gasteiger partial charge on any atom is 0.226 e. The van der Waals surface area contributed by atoms with Crippen molar-refractivity contribution in [3.8, 4) is 0 Å². The average molecular weight is 230 g/mol. The van der Waals surface area contributed by atoms with Crippen LogP contribution in [0.5, 0.6) is 0 Å². The van der Waals surface area contributed by atoms with Gasteiger partial charge < -0.3 is 9.52 Å². The smallest absolute Gasteiger partial charge is 0.226 e. The zero-order valence-corrected chi connectivity index (χ0v) is 10.5. The number of hydrogen-bond acceptors (Lipinski definition) is 5. The van der Waals surface area contributed by atoms with E-state index in [2.05, 4.69) is 10.2 Å². The van der Waals surface area contributed by atoms with Crippen LogP contribution in [0.3, 0.4) is 0 Å². The van der Waals surface area contributed by atoms with Crippen molar-refractivity contribution in [2.75, 3.05) is 6.61 Å². The van der Waals surface area contributed by atoms with Gasteiger partial charge in [-0.1, -0.05) is 27.7 Å². The minimum absolute atomic E-state index is 0.0987. The molecule has 1 aromatic heterocycles. The van der Waals surface area contributed by atoms with Crippen molar-refractivity contribution in [2.45, 2.75) is 44.1 Å². The number of aromatic nitrogens is 2. The molecule has 0 aliphatic heterocycles. The number of hydrogen-bond donors (Lipinski definition) is 1. The Morgan fingerprint density at radius 1 is 1.40 bits per heavy atom. The van der Waals surface area contributed by atoms with E-state index in [9.17, 15) is 0 Å². The number of thioether (sulfide) groups is 1. The van der Waals surface area contributed by atoms with Gasteiger partial charge in [0.1, 0.15) is 0 Å². The molecule has 0 saturated carbocycles. The third-order valence-electron chi connectivity index (χ3n) is 1.86. The molecule has 86 valence electrons. The number of rotatable bonds is 4. The van der Waals surface area contributed by atoms with Crippen LogP contribution in [0.2, 0.25) is 0 Å². The normalized spacial score (nSPS) is 14.2. The van der Waals surface area contributed by atoms with E-state index in [1.165, 1.54) is 0 Å². The molecule has 0 aliphatic rings. The largest absolute Gasteiger partial charge is 0.424 e. The van der Waals surface area contributed by atoms with Crippen LogP contribution in [0, 0.1) is 0 Å². The molecule has 0 saturated heterocycles. The van der Waals surface area contributed by atoms with Gasteiger partial charge in [-0.25, -0.2) is 0 Å². The summed E-state index contributed by atoms with van der Waals surface area (Å²) >= 11 is 1.61. The van der Waals surface area contributed by atoms with E-state index >= 15 is 0 Å². The van der Waals surface area contributed by atoms with E-state index < -0.39 is 0 Å². The maximum absolute atomic E-state index is 8.86. The number of aliphatic hydroxyl groups excluding tert-OH is 1. The first-order chi connectivity index (χ1) is 6.93. The molecule has 0 aromatic carbocycles. The van der Waals surface area contributed by atoms with Crippen molar-refractivity contribution >= 4 is 11.8 Å². The van der Waals surface area contributed by atoms with Gasteiger partial charge in [-0.2, -0.15) is 0 Å². The van der Waals surface area contributed by atoms with Crippen LogP contribution in [-0.4, -0.2) is 27.2 Å². The number of aliphatic hydroxyl groups is 1. The van der Waals surface area contributed by atoms with E-state index in [0.717, 1.165) is 0 Å². The van der Waals surface area contributed by atoms with E-state index in [1.54, 1.807) is 11.8 Å². The first-order valence-electron chi connectivity index (χ1n) is 4.99. The lowest BCUT2D eigenvalue weighted by molar-refractivity contribution is 0.300. The Balaban J connectivity index is 2.54. The van der Waals surface area contributed by atoms with E-state index in [4.69, 9.17) is 9.52 Å². The van der Waals surface area contributed by atoms with Crippen molar-refractivity contribution in [1.82, 2.24) is 10.2 Å². The Morgan fingerprint density at radius 2 is 2.07 bits per heavy atom. The molecule has 0 aliphatic carbocycles. The van der Waals surface area contributed by atoms with Crippen LogP contribution in [-0.2, 0) is 11.2 Å². The summed E-state index contributed by atoms with van der Waals surface area (Å²) in [6, 6.07) is 0. The van der Waals surface area contributed by atoms with Crippen LogP contribution < -0.4 is 0 Å². The fourth-order valence-corrected chi connectivity index (χ4v) is 1.53. The quantitative estimate of drug-likeness (QED) is 0.857. The maximum atomic E-state index is 8.86. The molecule has 1 heterocycles. The first-order valence-corrected chi connectivity index (χ1v) is 6.03. The van der Waals surface area contributed by atoms with Crippen LogP contribution in [0.15, 0.2) is 4.42 Å². The molecule has 4 nitrogen and oxygen atoms in total. The Bertz CT molecular complexity index is 307. The van der Waals surface area contributed by atoms with Gasteiger partial charge >= 0.3 is 0 Å². The summed E-state index contributed by atoms with van der Waals surface area (Å²) in [6.45, 7) is 8.24.